The Labute approximate surface area is 110 Å². The van der Waals surface area contributed by atoms with Crippen LogP contribution in [0.2, 0.25) is 0 Å². The molecule has 0 saturated carbocycles. The van der Waals surface area contributed by atoms with Crippen molar-refractivity contribution in [2.45, 2.75) is 25.6 Å². The van der Waals surface area contributed by atoms with E-state index in [1.54, 1.807) is 0 Å². The molecule has 2 atom stereocenters. The number of hydrogen-bond acceptors (Lipinski definition) is 3. The fraction of sp³-hybridized carbons (Fsp3) is 0.462. The van der Waals surface area contributed by atoms with Crippen LogP contribution in [0, 0.1) is 11.6 Å². The molecule has 6 heteroatoms. The molecule has 1 aliphatic heterocycles. The van der Waals surface area contributed by atoms with Crippen LogP contribution in [0.4, 0.5) is 8.78 Å². The molecule has 1 heterocycles. The van der Waals surface area contributed by atoms with E-state index in [9.17, 15) is 13.6 Å². The largest absolute Gasteiger partial charge is 0.351 e. The molecule has 0 radical (unpaired) electrons. The fourth-order valence-corrected chi connectivity index (χ4v) is 1.95. The molecule has 1 amide bonds. The van der Waals surface area contributed by atoms with Crippen molar-refractivity contribution in [2.75, 3.05) is 13.1 Å². The first-order valence-electron chi connectivity index (χ1n) is 6.24. The summed E-state index contributed by atoms with van der Waals surface area (Å²) in [7, 11) is 0. The van der Waals surface area contributed by atoms with Crippen molar-refractivity contribution in [2.24, 2.45) is 0 Å². The lowest BCUT2D eigenvalue weighted by atomic mass is 10.1. The van der Waals surface area contributed by atoms with E-state index in [0.717, 1.165) is 18.2 Å². The molecule has 1 saturated heterocycles. The lowest BCUT2D eigenvalue weighted by Crippen LogP contribution is -2.58. The summed E-state index contributed by atoms with van der Waals surface area (Å²) in [5.74, 6) is -1.26. The van der Waals surface area contributed by atoms with Crippen LogP contribution in [0.25, 0.3) is 0 Å². The van der Waals surface area contributed by atoms with E-state index in [2.05, 4.69) is 16.0 Å². The minimum absolute atomic E-state index is 0.0177. The van der Waals surface area contributed by atoms with Gasteiger partial charge in [-0.05, 0) is 25.1 Å². The number of nitrogens with one attached hydrogen (secondary N) is 3. The lowest BCUT2D eigenvalue weighted by Gasteiger charge is -2.28. The molecule has 2 unspecified atom stereocenters. The van der Waals surface area contributed by atoms with Gasteiger partial charge in [-0.15, -0.1) is 0 Å². The van der Waals surface area contributed by atoms with Crippen molar-refractivity contribution in [3.05, 3.63) is 35.4 Å². The predicted molar refractivity (Wildman–Crippen MR) is 67.5 cm³/mol. The van der Waals surface area contributed by atoms with Gasteiger partial charge in [0.1, 0.15) is 11.6 Å². The van der Waals surface area contributed by atoms with Crippen molar-refractivity contribution in [3.63, 3.8) is 0 Å². The molecule has 19 heavy (non-hydrogen) atoms. The highest BCUT2D eigenvalue weighted by molar-refractivity contribution is 5.82. The Hall–Kier alpha value is -1.53. The maximum Gasteiger partial charge on any atom is 0.238 e. The van der Waals surface area contributed by atoms with Gasteiger partial charge in [0, 0.05) is 31.2 Å². The normalized spacial score (nSPS) is 23.1. The first-order chi connectivity index (χ1) is 9.06. The third-order valence-electron chi connectivity index (χ3n) is 3.12. The van der Waals surface area contributed by atoms with E-state index < -0.39 is 11.6 Å². The van der Waals surface area contributed by atoms with Gasteiger partial charge in [-0.25, -0.2) is 8.78 Å². The first-order valence-corrected chi connectivity index (χ1v) is 6.24. The minimum Gasteiger partial charge on any atom is -0.351 e. The summed E-state index contributed by atoms with van der Waals surface area (Å²) in [5.41, 5.74) is 0.144. The predicted octanol–water partition coefficient (Wildman–Crippen LogP) is 0.531. The molecular weight excluding hydrogens is 252 g/mol. The number of benzene rings is 1. The molecule has 1 aliphatic rings. The molecule has 1 aromatic carbocycles. The Kier molecular flexibility index (Phi) is 4.44. The highest BCUT2D eigenvalue weighted by atomic mass is 19.1. The summed E-state index contributed by atoms with van der Waals surface area (Å²) in [4.78, 5) is 11.8. The molecule has 0 aromatic heterocycles. The minimum atomic E-state index is -0.523. The van der Waals surface area contributed by atoms with E-state index in [1.807, 2.05) is 6.92 Å². The zero-order valence-electron chi connectivity index (χ0n) is 10.7. The SMILES string of the molecule is CC1CNC(C(=O)NCc2cc(F)ccc2F)CN1. The second-order valence-electron chi connectivity index (χ2n) is 4.72. The lowest BCUT2D eigenvalue weighted by molar-refractivity contribution is -0.123. The van der Waals surface area contributed by atoms with Gasteiger partial charge in [-0.3, -0.25) is 4.79 Å². The number of carbonyl (C=O) groups excluding carboxylic acids is 1. The van der Waals surface area contributed by atoms with E-state index in [0.29, 0.717) is 19.1 Å². The van der Waals surface area contributed by atoms with Crippen LogP contribution in [0.3, 0.4) is 0 Å². The van der Waals surface area contributed by atoms with Crippen molar-refractivity contribution < 1.29 is 13.6 Å². The van der Waals surface area contributed by atoms with Crippen molar-refractivity contribution >= 4 is 5.91 Å². The van der Waals surface area contributed by atoms with Crippen LogP contribution < -0.4 is 16.0 Å². The van der Waals surface area contributed by atoms with E-state index >= 15 is 0 Å². The summed E-state index contributed by atoms with van der Waals surface area (Å²) in [6.45, 7) is 3.23. The van der Waals surface area contributed by atoms with Gasteiger partial charge in [0.2, 0.25) is 5.91 Å². The zero-order valence-corrected chi connectivity index (χ0v) is 10.7. The molecule has 1 fully saturated rings. The van der Waals surface area contributed by atoms with Crippen LogP contribution in [-0.4, -0.2) is 31.1 Å². The van der Waals surface area contributed by atoms with Crippen LogP contribution in [0.15, 0.2) is 18.2 Å². The number of piperazine rings is 1. The summed E-state index contributed by atoms with van der Waals surface area (Å²) < 4.78 is 26.3. The Morgan fingerprint density at radius 1 is 1.37 bits per heavy atom. The van der Waals surface area contributed by atoms with Gasteiger partial charge in [0.25, 0.3) is 0 Å². The standard InChI is InChI=1S/C13H17F2N3O/c1-8-5-17-12(7-16-8)13(19)18-6-9-4-10(14)2-3-11(9)15/h2-4,8,12,16-17H,5-7H2,1H3,(H,18,19). The molecule has 4 nitrogen and oxygen atoms in total. The number of carbonyl (C=O) groups is 1. The summed E-state index contributed by atoms with van der Waals surface area (Å²) in [6, 6.07) is 3.18. The van der Waals surface area contributed by atoms with Gasteiger partial charge >= 0.3 is 0 Å². The Balaban J connectivity index is 1.88. The number of halogens is 2. The average Bonchev–Trinajstić information content (AvgIpc) is 2.40. The Morgan fingerprint density at radius 2 is 2.16 bits per heavy atom. The van der Waals surface area contributed by atoms with Crippen LogP contribution in [0.1, 0.15) is 12.5 Å². The van der Waals surface area contributed by atoms with Crippen LogP contribution in [0.5, 0.6) is 0 Å². The quantitative estimate of drug-likeness (QED) is 0.750. The third-order valence-corrected chi connectivity index (χ3v) is 3.12. The van der Waals surface area contributed by atoms with Crippen molar-refractivity contribution in [1.29, 1.82) is 0 Å². The highest BCUT2D eigenvalue weighted by Gasteiger charge is 2.23. The monoisotopic (exact) mass is 269 g/mol. The molecule has 0 bridgehead atoms. The van der Waals surface area contributed by atoms with Gasteiger partial charge in [0.15, 0.2) is 0 Å². The highest BCUT2D eigenvalue weighted by Crippen LogP contribution is 2.09. The maximum atomic E-state index is 13.4. The molecule has 3 N–H and O–H groups in total. The van der Waals surface area contributed by atoms with Gasteiger partial charge in [0.05, 0.1) is 6.04 Å². The third kappa shape index (κ3) is 3.71. The van der Waals surface area contributed by atoms with E-state index in [4.69, 9.17) is 0 Å². The second kappa shape index (κ2) is 6.08. The summed E-state index contributed by atoms with van der Waals surface area (Å²) >= 11 is 0. The molecule has 0 aliphatic carbocycles. The number of amides is 1. The van der Waals surface area contributed by atoms with E-state index in [1.165, 1.54) is 0 Å². The molecule has 1 aromatic rings. The molecule has 104 valence electrons. The van der Waals surface area contributed by atoms with Gasteiger partial charge in [-0.2, -0.15) is 0 Å². The number of rotatable bonds is 3. The molecule has 0 spiro atoms. The van der Waals surface area contributed by atoms with Gasteiger partial charge < -0.3 is 16.0 Å². The smallest absolute Gasteiger partial charge is 0.238 e. The zero-order chi connectivity index (χ0) is 13.8. The Bertz CT molecular complexity index is 459. The Morgan fingerprint density at radius 3 is 2.84 bits per heavy atom. The maximum absolute atomic E-state index is 13.4. The molecular formula is C13H17F2N3O. The van der Waals surface area contributed by atoms with Crippen LogP contribution >= 0.6 is 0 Å². The fourth-order valence-electron chi connectivity index (χ4n) is 1.95. The van der Waals surface area contributed by atoms with Crippen LogP contribution in [-0.2, 0) is 11.3 Å². The second-order valence-corrected chi connectivity index (χ2v) is 4.72. The van der Waals surface area contributed by atoms with Crippen molar-refractivity contribution in [1.82, 2.24) is 16.0 Å². The topological polar surface area (TPSA) is 53.2 Å². The summed E-state index contributed by atoms with van der Waals surface area (Å²) in [6.07, 6.45) is 0. The number of hydrogen-bond donors (Lipinski definition) is 3. The molecule has 2 rings (SSSR count). The first kappa shape index (κ1) is 13.9. The van der Waals surface area contributed by atoms with Crippen molar-refractivity contribution in [3.8, 4) is 0 Å². The summed E-state index contributed by atoms with van der Waals surface area (Å²) in [5, 5.41) is 8.87. The van der Waals surface area contributed by atoms with Gasteiger partial charge in [-0.1, -0.05) is 0 Å². The average molecular weight is 269 g/mol. The van der Waals surface area contributed by atoms with E-state index in [-0.39, 0.29) is 24.1 Å².